The molecule has 1 heterocycles. The Balaban J connectivity index is 1.51. The van der Waals surface area contributed by atoms with Crippen LogP contribution < -0.4 is 15.5 Å². The molecule has 1 aromatic rings. The number of aryl methyl sites for hydroxylation is 1. The minimum Gasteiger partial charge on any atom is -0.363 e. The standard InChI is InChI=1S/C17H27N5O/c1-11-10-15(22(2)3)21-17(18-11)20-14-8-6-13(7-9-14)19-16(23)12-4-5-12/h10,12-14H,4-9H2,1-3H3,(H,19,23)(H,18,20,21). The van der Waals surface area contributed by atoms with E-state index in [9.17, 15) is 4.79 Å². The van der Waals surface area contributed by atoms with Crippen molar-refractivity contribution < 1.29 is 4.79 Å². The lowest BCUT2D eigenvalue weighted by atomic mass is 9.91. The van der Waals surface area contributed by atoms with Crippen LogP contribution in [0.5, 0.6) is 0 Å². The van der Waals surface area contributed by atoms with E-state index in [1.165, 1.54) is 0 Å². The van der Waals surface area contributed by atoms with E-state index in [-0.39, 0.29) is 5.91 Å². The smallest absolute Gasteiger partial charge is 0.225 e. The minimum atomic E-state index is 0.263. The van der Waals surface area contributed by atoms with Crippen molar-refractivity contribution in [3.05, 3.63) is 11.8 Å². The van der Waals surface area contributed by atoms with Crippen molar-refractivity contribution in [2.75, 3.05) is 24.3 Å². The van der Waals surface area contributed by atoms with Crippen molar-refractivity contribution in [2.24, 2.45) is 5.92 Å². The molecule has 0 bridgehead atoms. The molecule has 1 amide bonds. The molecule has 0 aromatic carbocycles. The zero-order chi connectivity index (χ0) is 16.4. The van der Waals surface area contributed by atoms with Gasteiger partial charge in [-0.1, -0.05) is 0 Å². The summed E-state index contributed by atoms with van der Waals surface area (Å²) in [6.07, 6.45) is 6.29. The van der Waals surface area contributed by atoms with E-state index >= 15 is 0 Å². The second-order valence-corrected chi connectivity index (χ2v) is 7.06. The van der Waals surface area contributed by atoms with Crippen LogP contribution >= 0.6 is 0 Å². The average Bonchev–Trinajstić information content (AvgIpc) is 3.33. The van der Waals surface area contributed by atoms with Crippen molar-refractivity contribution in [3.8, 4) is 0 Å². The van der Waals surface area contributed by atoms with Gasteiger partial charge in [-0.25, -0.2) is 4.98 Å². The second-order valence-electron chi connectivity index (χ2n) is 7.06. The topological polar surface area (TPSA) is 70.2 Å². The van der Waals surface area contributed by atoms with Crippen LogP contribution in [0, 0.1) is 12.8 Å². The molecule has 6 heteroatoms. The van der Waals surface area contributed by atoms with Crippen molar-refractivity contribution in [3.63, 3.8) is 0 Å². The van der Waals surface area contributed by atoms with Crippen LogP contribution in [0.1, 0.15) is 44.2 Å². The number of nitrogens with zero attached hydrogens (tertiary/aromatic N) is 3. The Morgan fingerprint density at radius 3 is 2.35 bits per heavy atom. The number of aromatic nitrogens is 2. The fourth-order valence-electron chi connectivity index (χ4n) is 3.07. The van der Waals surface area contributed by atoms with Gasteiger partial charge in [0.1, 0.15) is 5.82 Å². The lowest BCUT2D eigenvalue weighted by Crippen LogP contribution is -2.40. The summed E-state index contributed by atoms with van der Waals surface area (Å²) in [6, 6.07) is 2.72. The highest BCUT2D eigenvalue weighted by atomic mass is 16.2. The summed E-state index contributed by atoms with van der Waals surface area (Å²) in [4.78, 5) is 22.9. The quantitative estimate of drug-likeness (QED) is 0.870. The molecule has 0 saturated heterocycles. The summed E-state index contributed by atoms with van der Waals surface area (Å²) in [6.45, 7) is 1.99. The lowest BCUT2D eigenvalue weighted by molar-refractivity contribution is -0.123. The van der Waals surface area contributed by atoms with Crippen LogP contribution in [0.4, 0.5) is 11.8 Å². The third kappa shape index (κ3) is 4.33. The summed E-state index contributed by atoms with van der Waals surface area (Å²) < 4.78 is 0. The van der Waals surface area contributed by atoms with E-state index < -0.39 is 0 Å². The van der Waals surface area contributed by atoms with Gasteiger partial charge in [0, 0.05) is 43.9 Å². The maximum Gasteiger partial charge on any atom is 0.225 e. The predicted octanol–water partition coefficient (Wildman–Crippen LogP) is 2.10. The molecular weight excluding hydrogens is 290 g/mol. The van der Waals surface area contributed by atoms with Crippen molar-refractivity contribution in [2.45, 2.75) is 57.5 Å². The molecule has 0 unspecified atom stereocenters. The maximum atomic E-state index is 11.8. The molecule has 2 aliphatic rings. The van der Waals surface area contributed by atoms with Crippen LogP contribution in [0.2, 0.25) is 0 Å². The van der Waals surface area contributed by atoms with E-state index in [2.05, 4.69) is 20.6 Å². The molecule has 6 nitrogen and oxygen atoms in total. The molecule has 2 saturated carbocycles. The third-order valence-electron chi connectivity index (χ3n) is 4.65. The number of carbonyl (C=O) groups is 1. The third-order valence-corrected chi connectivity index (χ3v) is 4.65. The molecular formula is C17H27N5O. The van der Waals surface area contributed by atoms with Crippen LogP contribution in [-0.4, -0.2) is 42.1 Å². The average molecular weight is 317 g/mol. The van der Waals surface area contributed by atoms with Crippen molar-refractivity contribution >= 4 is 17.7 Å². The van der Waals surface area contributed by atoms with Crippen molar-refractivity contribution in [1.82, 2.24) is 15.3 Å². The molecule has 1 aromatic heterocycles. The molecule has 3 rings (SSSR count). The van der Waals surface area contributed by atoms with Crippen LogP contribution in [0.25, 0.3) is 0 Å². The van der Waals surface area contributed by atoms with E-state index in [1.54, 1.807) is 0 Å². The Labute approximate surface area is 138 Å². The highest BCUT2D eigenvalue weighted by molar-refractivity contribution is 5.81. The number of anilines is 2. The predicted molar refractivity (Wildman–Crippen MR) is 91.6 cm³/mol. The van der Waals surface area contributed by atoms with E-state index in [0.29, 0.717) is 23.9 Å². The van der Waals surface area contributed by atoms with Gasteiger partial charge in [0.15, 0.2) is 0 Å². The zero-order valence-electron chi connectivity index (χ0n) is 14.3. The van der Waals surface area contributed by atoms with E-state index in [1.807, 2.05) is 32.0 Å². The second kappa shape index (κ2) is 6.72. The first kappa shape index (κ1) is 16.0. The van der Waals surface area contributed by atoms with Crippen LogP contribution in [0.3, 0.4) is 0 Å². The highest BCUT2D eigenvalue weighted by Crippen LogP contribution is 2.30. The Hall–Kier alpha value is -1.85. The Morgan fingerprint density at radius 2 is 1.74 bits per heavy atom. The number of carbonyl (C=O) groups excluding carboxylic acids is 1. The first-order valence-electron chi connectivity index (χ1n) is 8.61. The van der Waals surface area contributed by atoms with Gasteiger partial charge < -0.3 is 15.5 Å². The number of nitrogens with one attached hydrogen (secondary N) is 2. The van der Waals surface area contributed by atoms with Crippen LogP contribution in [-0.2, 0) is 4.79 Å². The minimum absolute atomic E-state index is 0.263. The summed E-state index contributed by atoms with van der Waals surface area (Å²) in [5.41, 5.74) is 0.969. The van der Waals surface area contributed by atoms with Gasteiger partial charge in [-0.2, -0.15) is 4.98 Å². The van der Waals surface area contributed by atoms with Gasteiger partial charge >= 0.3 is 0 Å². The fourth-order valence-corrected chi connectivity index (χ4v) is 3.07. The fraction of sp³-hybridized carbons (Fsp3) is 0.706. The normalized spacial score (nSPS) is 24.1. The molecule has 0 spiro atoms. The molecule has 0 atom stereocenters. The van der Waals surface area contributed by atoms with E-state index in [0.717, 1.165) is 50.0 Å². The zero-order valence-corrected chi connectivity index (χ0v) is 14.3. The van der Waals surface area contributed by atoms with Gasteiger partial charge in [0.2, 0.25) is 11.9 Å². The number of hydrogen-bond acceptors (Lipinski definition) is 5. The van der Waals surface area contributed by atoms with Gasteiger partial charge in [-0.05, 0) is 45.4 Å². The molecule has 2 fully saturated rings. The number of rotatable bonds is 5. The lowest BCUT2D eigenvalue weighted by Gasteiger charge is -2.30. The first-order chi connectivity index (χ1) is 11.0. The largest absolute Gasteiger partial charge is 0.363 e. The summed E-state index contributed by atoms with van der Waals surface area (Å²) >= 11 is 0. The molecule has 0 aliphatic heterocycles. The van der Waals surface area contributed by atoms with E-state index in [4.69, 9.17) is 0 Å². The molecule has 23 heavy (non-hydrogen) atoms. The molecule has 2 N–H and O–H groups in total. The Bertz CT molecular complexity index is 562. The van der Waals surface area contributed by atoms with Gasteiger partial charge in [-0.3, -0.25) is 4.79 Å². The summed E-state index contributed by atoms with van der Waals surface area (Å²) in [5, 5.41) is 6.66. The summed E-state index contributed by atoms with van der Waals surface area (Å²) in [5.74, 6) is 2.19. The van der Waals surface area contributed by atoms with Crippen LogP contribution in [0.15, 0.2) is 6.07 Å². The number of amides is 1. The Kier molecular flexibility index (Phi) is 4.68. The SMILES string of the molecule is Cc1cc(N(C)C)nc(NC2CCC(NC(=O)C3CC3)CC2)n1. The Morgan fingerprint density at radius 1 is 1.09 bits per heavy atom. The maximum absolute atomic E-state index is 11.8. The first-order valence-corrected chi connectivity index (χ1v) is 8.61. The van der Waals surface area contributed by atoms with Gasteiger partial charge in [0.25, 0.3) is 0 Å². The molecule has 2 aliphatic carbocycles. The molecule has 0 radical (unpaired) electrons. The highest BCUT2D eigenvalue weighted by Gasteiger charge is 2.32. The monoisotopic (exact) mass is 317 g/mol. The van der Waals surface area contributed by atoms with Gasteiger partial charge in [0.05, 0.1) is 0 Å². The molecule has 126 valence electrons. The number of hydrogen-bond donors (Lipinski definition) is 2. The summed E-state index contributed by atoms with van der Waals surface area (Å²) in [7, 11) is 3.97. The van der Waals surface area contributed by atoms with Gasteiger partial charge in [-0.15, -0.1) is 0 Å². The van der Waals surface area contributed by atoms with Crippen molar-refractivity contribution in [1.29, 1.82) is 0 Å².